The van der Waals surface area contributed by atoms with Gasteiger partial charge in [0.15, 0.2) is 5.11 Å². The number of thiocarbonyl (C=S) groups is 1. The Bertz CT molecular complexity index is 642. The molecule has 0 unspecified atom stereocenters. The number of anilines is 1. The molecule has 1 aromatic heterocycles. The normalized spacial score (nSPS) is 16.5. The lowest BCUT2D eigenvalue weighted by molar-refractivity contribution is -0.937. The SMILES string of the molecule is S=C(NC[C@@H](c1cccs1)[NH+]1CCOCC1)Nc1ccc(Cl)cc1. The minimum atomic E-state index is 0.388. The van der Waals surface area contributed by atoms with Crippen LogP contribution in [0.4, 0.5) is 5.69 Å². The molecule has 2 heterocycles. The summed E-state index contributed by atoms with van der Waals surface area (Å²) in [4.78, 5) is 2.93. The maximum absolute atomic E-state index is 5.91. The maximum Gasteiger partial charge on any atom is 0.171 e. The standard InChI is InChI=1S/C17H20ClN3OS2/c18-13-3-5-14(6-4-13)20-17(23)19-12-15(16-2-1-11-24-16)21-7-9-22-10-8-21/h1-6,11,15H,7-10,12H2,(H2,19,20,23)/p+1/t15-/m0/s1. The van der Waals surface area contributed by atoms with Gasteiger partial charge in [-0.3, -0.25) is 0 Å². The summed E-state index contributed by atoms with van der Waals surface area (Å²) in [5, 5.41) is 10.0. The molecule has 2 aromatic rings. The zero-order chi connectivity index (χ0) is 16.8. The van der Waals surface area contributed by atoms with Gasteiger partial charge in [0.1, 0.15) is 19.1 Å². The van der Waals surface area contributed by atoms with Gasteiger partial charge in [-0.25, -0.2) is 0 Å². The average molecular weight is 383 g/mol. The van der Waals surface area contributed by atoms with Crippen LogP contribution in [0.15, 0.2) is 41.8 Å². The number of thiophene rings is 1. The topological polar surface area (TPSA) is 37.7 Å². The van der Waals surface area contributed by atoms with Crippen molar-refractivity contribution in [1.82, 2.24) is 5.32 Å². The Labute approximate surface area is 156 Å². The summed E-state index contributed by atoms with van der Waals surface area (Å²) in [5.41, 5.74) is 0.934. The fraction of sp³-hybridized carbons (Fsp3) is 0.353. The number of hydrogen-bond acceptors (Lipinski definition) is 3. The first-order chi connectivity index (χ1) is 11.7. The van der Waals surface area contributed by atoms with Crippen LogP contribution in [-0.4, -0.2) is 38.0 Å². The van der Waals surface area contributed by atoms with Crippen LogP contribution < -0.4 is 15.5 Å². The predicted molar refractivity (Wildman–Crippen MR) is 104 cm³/mol. The molecule has 4 nitrogen and oxygen atoms in total. The van der Waals surface area contributed by atoms with Crippen molar-refractivity contribution in [3.05, 3.63) is 51.7 Å². The van der Waals surface area contributed by atoms with Crippen molar-refractivity contribution in [2.45, 2.75) is 6.04 Å². The molecule has 1 fully saturated rings. The first kappa shape index (κ1) is 17.6. The summed E-state index contributed by atoms with van der Waals surface area (Å²) in [5.74, 6) is 0. The average Bonchev–Trinajstić information content (AvgIpc) is 3.12. The van der Waals surface area contributed by atoms with Gasteiger partial charge < -0.3 is 20.3 Å². The van der Waals surface area contributed by atoms with Crippen LogP contribution in [0.3, 0.4) is 0 Å². The van der Waals surface area contributed by atoms with E-state index in [-0.39, 0.29) is 0 Å². The van der Waals surface area contributed by atoms with Gasteiger partial charge in [-0.2, -0.15) is 0 Å². The highest BCUT2D eigenvalue weighted by Gasteiger charge is 2.27. The zero-order valence-corrected chi connectivity index (χ0v) is 15.6. The van der Waals surface area contributed by atoms with Gasteiger partial charge in [-0.05, 0) is 47.9 Å². The van der Waals surface area contributed by atoms with Crippen molar-refractivity contribution in [2.75, 3.05) is 38.2 Å². The smallest absolute Gasteiger partial charge is 0.171 e. The van der Waals surface area contributed by atoms with Crippen LogP contribution in [0.5, 0.6) is 0 Å². The van der Waals surface area contributed by atoms with Gasteiger partial charge in [0, 0.05) is 10.7 Å². The van der Waals surface area contributed by atoms with E-state index in [1.54, 1.807) is 16.2 Å². The summed E-state index contributed by atoms with van der Waals surface area (Å²) in [6.45, 7) is 4.51. The predicted octanol–water partition coefficient (Wildman–Crippen LogP) is 2.34. The van der Waals surface area contributed by atoms with E-state index in [4.69, 9.17) is 28.6 Å². The number of ether oxygens (including phenoxy) is 1. The number of quaternary nitrogens is 1. The molecule has 0 radical (unpaired) electrons. The lowest BCUT2D eigenvalue weighted by Gasteiger charge is -2.31. The summed E-state index contributed by atoms with van der Waals surface area (Å²) in [6, 6.07) is 12.2. The van der Waals surface area contributed by atoms with Crippen LogP contribution in [0.2, 0.25) is 5.02 Å². The van der Waals surface area contributed by atoms with E-state index < -0.39 is 0 Å². The Morgan fingerprint density at radius 3 is 2.67 bits per heavy atom. The highest BCUT2D eigenvalue weighted by molar-refractivity contribution is 7.80. The number of hydrogen-bond donors (Lipinski definition) is 3. The Morgan fingerprint density at radius 2 is 2.00 bits per heavy atom. The molecule has 24 heavy (non-hydrogen) atoms. The quantitative estimate of drug-likeness (QED) is 0.694. The molecule has 1 aromatic carbocycles. The van der Waals surface area contributed by atoms with Crippen molar-refractivity contribution >= 4 is 46.0 Å². The molecular formula is C17H21ClN3OS2+. The zero-order valence-electron chi connectivity index (χ0n) is 13.3. The van der Waals surface area contributed by atoms with E-state index >= 15 is 0 Å². The van der Waals surface area contributed by atoms with Crippen LogP contribution in [0.1, 0.15) is 10.9 Å². The van der Waals surface area contributed by atoms with Crippen LogP contribution in [0.25, 0.3) is 0 Å². The molecule has 1 aliphatic heterocycles. The summed E-state index contributed by atoms with van der Waals surface area (Å²) in [7, 11) is 0. The van der Waals surface area contributed by atoms with Gasteiger partial charge in [-0.1, -0.05) is 17.7 Å². The first-order valence-corrected chi connectivity index (χ1v) is 9.65. The second-order valence-electron chi connectivity index (χ2n) is 5.68. The van der Waals surface area contributed by atoms with E-state index in [2.05, 4.69) is 28.1 Å². The highest BCUT2D eigenvalue weighted by Crippen LogP contribution is 2.17. The monoisotopic (exact) mass is 382 g/mol. The highest BCUT2D eigenvalue weighted by atomic mass is 35.5. The summed E-state index contributed by atoms with van der Waals surface area (Å²) < 4.78 is 5.49. The van der Waals surface area contributed by atoms with E-state index in [9.17, 15) is 0 Å². The molecule has 0 saturated carbocycles. The molecule has 1 aliphatic rings. The fourth-order valence-corrected chi connectivity index (χ4v) is 4.03. The lowest BCUT2D eigenvalue weighted by Crippen LogP contribution is -3.15. The third-order valence-corrected chi connectivity index (χ3v) is 5.57. The molecule has 3 N–H and O–H groups in total. The van der Waals surface area contributed by atoms with E-state index in [0.717, 1.165) is 38.5 Å². The number of nitrogens with one attached hydrogen (secondary N) is 3. The minimum Gasteiger partial charge on any atom is -0.370 e. The molecule has 7 heteroatoms. The first-order valence-electron chi connectivity index (χ1n) is 7.98. The van der Waals surface area contributed by atoms with Crippen molar-refractivity contribution in [2.24, 2.45) is 0 Å². The summed E-state index contributed by atoms with van der Waals surface area (Å²) >= 11 is 13.1. The van der Waals surface area contributed by atoms with Crippen LogP contribution in [-0.2, 0) is 4.74 Å². The largest absolute Gasteiger partial charge is 0.370 e. The molecule has 0 amide bonds. The Morgan fingerprint density at radius 1 is 1.25 bits per heavy atom. The Hall–Kier alpha value is -1.18. The minimum absolute atomic E-state index is 0.388. The lowest BCUT2D eigenvalue weighted by atomic mass is 10.2. The van der Waals surface area contributed by atoms with Gasteiger partial charge in [0.05, 0.1) is 24.6 Å². The van der Waals surface area contributed by atoms with E-state index in [1.165, 1.54) is 4.88 Å². The summed E-state index contributed by atoms with van der Waals surface area (Å²) in [6.07, 6.45) is 0. The van der Waals surface area contributed by atoms with Crippen molar-refractivity contribution in [3.8, 4) is 0 Å². The van der Waals surface area contributed by atoms with E-state index in [1.807, 2.05) is 24.3 Å². The number of rotatable bonds is 5. The number of morpholine rings is 1. The number of halogens is 1. The van der Waals surface area contributed by atoms with Crippen molar-refractivity contribution in [1.29, 1.82) is 0 Å². The number of benzene rings is 1. The fourth-order valence-electron chi connectivity index (χ4n) is 2.82. The van der Waals surface area contributed by atoms with Gasteiger partial charge >= 0.3 is 0 Å². The van der Waals surface area contributed by atoms with E-state index in [0.29, 0.717) is 16.2 Å². The molecule has 3 rings (SSSR count). The molecule has 1 atom stereocenters. The van der Waals surface area contributed by atoms with Crippen LogP contribution >= 0.6 is 35.2 Å². The second kappa shape index (κ2) is 8.78. The van der Waals surface area contributed by atoms with Crippen molar-refractivity contribution < 1.29 is 9.64 Å². The molecule has 128 valence electrons. The molecule has 0 spiro atoms. The molecule has 1 saturated heterocycles. The van der Waals surface area contributed by atoms with Gasteiger partial charge in [-0.15, -0.1) is 11.3 Å². The Balaban J connectivity index is 1.58. The molecule has 0 aliphatic carbocycles. The maximum atomic E-state index is 5.91. The van der Waals surface area contributed by atoms with Crippen LogP contribution in [0, 0.1) is 0 Å². The third kappa shape index (κ3) is 4.91. The second-order valence-corrected chi connectivity index (χ2v) is 7.50. The van der Waals surface area contributed by atoms with Gasteiger partial charge in [0.2, 0.25) is 0 Å². The molecule has 0 bridgehead atoms. The Kier molecular flexibility index (Phi) is 6.45. The molecular weight excluding hydrogens is 362 g/mol. The van der Waals surface area contributed by atoms with Crippen molar-refractivity contribution in [3.63, 3.8) is 0 Å². The van der Waals surface area contributed by atoms with Gasteiger partial charge in [0.25, 0.3) is 0 Å². The third-order valence-electron chi connectivity index (χ3n) is 4.08.